The molecule has 2 aromatic carbocycles. The molecule has 0 aliphatic rings. The number of ketones is 1. The monoisotopic (exact) mass is 282 g/mol. The van der Waals surface area contributed by atoms with Gasteiger partial charge in [-0.15, -0.1) is 0 Å². The van der Waals surface area contributed by atoms with Gasteiger partial charge in [0.2, 0.25) is 0 Å². The molecule has 0 radical (unpaired) electrons. The molecule has 0 aromatic heterocycles. The standard InChI is InChI=1S/C14H9Cl2FO/c15-10-6-4-9(5-7-10)8-13(18)11-2-1-3-12(17)14(11)16/h1-7H,8H2. The van der Waals surface area contributed by atoms with Crippen LogP contribution >= 0.6 is 23.2 Å². The number of hydrogen-bond donors (Lipinski definition) is 0. The lowest BCUT2D eigenvalue weighted by molar-refractivity contribution is 0.0992. The highest BCUT2D eigenvalue weighted by molar-refractivity contribution is 6.34. The summed E-state index contributed by atoms with van der Waals surface area (Å²) in [6.07, 6.45) is 0.167. The Labute approximate surface area is 114 Å². The van der Waals surface area contributed by atoms with Crippen LogP contribution in [0.15, 0.2) is 42.5 Å². The van der Waals surface area contributed by atoms with Crippen molar-refractivity contribution in [2.75, 3.05) is 0 Å². The number of halogens is 3. The zero-order chi connectivity index (χ0) is 13.1. The van der Waals surface area contributed by atoms with Crippen LogP contribution in [-0.2, 0) is 6.42 Å². The maximum absolute atomic E-state index is 13.2. The quantitative estimate of drug-likeness (QED) is 0.755. The molecule has 18 heavy (non-hydrogen) atoms. The summed E-state index contributed by atoms with van der Waals surface area (Å²) in [6, 6.07) is 11.1. The average molecular weight is 283 g/mol. The van der Waals surface area contributed by atoms with Crippen molar-refractivity contribution in [1.29, 1.82) is 0 Å². The van der Waals surface area contributed by atoms with Crippen LogP contribution in [0.5, 0.6) is 0 Å². The Balaban J connectivity index is 2.22. The third-order valence-electron chi connectivity index (χ3n) is 2.53. The Morgan fingerprint density at radius 2 is 1.72 bits per heavy atom. The van der Waals surface area contributed by atoms with Crippen LogP contribution < -0.4 is 0 Å². The fourth-order valence-corrected chi connectivity index (χ4v) is 1.96. The molecule has 0 saturated carbocycles. The summed E-state index contributed by atoms with van der Waals surface area (Å²) in [5, 5.41) is 0.478. The van der Waals surface area contributed by atoms with E-state index in [0.29, 0.717) is 5.02 Å². The van der Waals surface area contributed by atoms with Crippen LogP contribution in [0.3, 0.4) is 0 Å². The van der Waals surface area contributed by atoms with E-state index in [1.54, 1.807) is 24.3 Å². The van der Waals surface area contributed by atoms with Gasteiger partial charge in [-0.1, -0.05) is 41.4 Å². The van der Waals surface area contributed by atoms with Gasteiger partial charge in [0.1, 0.15) is 5.82 Å². The van der Waals surface area contributed by atoms with E-state index in [1.807, 2.05) is 0 Å². The predicted molar refractivity (Wildman–Crippen MR) is 70.9 cm³/mol. The maximum atomic E-state index is 13.2. The van der Waals surface area contributed by atoms with E-state index in [9.17, 15) is 9.18 Å². The third-order valence-corrected chi connectivity index (χ3v) is 3.17. The lowest BCUT2D eigenvalue weighted by atomic mass is 10.0. The lowest BCUT2D eigenvalue weighted by Gasteiger charge is -2.04. The molecule has 0 fully saturated rings. The summed E-state index contributed by atoms with van der Waals surface area (Å²) in [7, 11) is 0. The number of benzene rings is 2. The first-order chi connectivity index (χ1) is 8.58. The molecule has 0 N–H and O–H groups in total. The van der Waals surface area contributed by atoms with Gasteiger partial charge in [0.15, 0.2) is 5.78 Å². The molecule has 0 aliphatic carbocycles. The summed E-state index contributed by atoms with van der Waals surface area (Å²) < 4.78 is 13.2. The summed E-state index contributed by atoms with van der Waals surface area (Å²) in [6.45, 7) is 0. The number of rotatable bonds is 3. The van der Waals surface area contributed by atoms with E-state index in [0.717, 1.165) is 5.56 Å². The molecule has 1 nitrogen and oxygen atoms in total. The lowest BCUT2D eigenvalue weighted by Crippen LogP contribution is -2.05. The minimum Gasteiger partial charge on any atom is -0.294 e. The molecule has 0 unspecified atom stereocenters. The minimum atomic E-state index is -0.585. The van der Waals surface area contributed by atoms with Gasteiger partial charge in [-0.25, -0.2) is 4.39 Å². The van der Waals surface area contributed by atoms with Crippen molar-refractivity contribution in [3.05, 3.63) is 69.5 Å². The minimum absolute atomic E-state index is 0.128. The summed E-state index contributed by atoms with van der Waals surface area (Å²) in [5.74, 6) is -0.805. The van der Waals surface area contributed by atoms with E-state index in [-0.39, 0.29) is 22.8 Å². The second-order valence-corrected chi connectivity index (χ2v) is 4.64. The fourth-order valence-electron chi connectivity index (χ4n) is 1.60. The van der Waals surface area contributed by atoms with Crippen LogP contribution in [0.4, 0.5) is 4.39 Å². The van der Waals surface area contributed by atoms with Crippen molar-refractivity contribution in [2.45, 2.75) is 6.42 Å². The second-order valence-electron chi connectivity index (χ2n) is 3.83. The Bertz CT molecular complexity index is 579. The van der Waals surface area contributed by atoms with Crippen LogP contribution in [0.1, 0.15) is 15.9 Å². The Kier molecular flexibility index (Phi) is 4.00. The van der Waals surface area contributed by atoms with E-state index < -0.39 is 5.82 Å². The van der Waals surface area contributed by atoms with E-state index in [1.165, 1.54) is 18.2 Å². The number of Topliss-reactive ketones (excluding diaryl/α,β-unsaturated/α-hetero) is 1. The van der Waals surface area contributed by atoms with Crippen molar-refractivity contribution >= 4 is 29.0 Å². The summed E-state index contributed by atoms with van der Waals surface area (Å²) in [4.78, 5) is 12.0. The molecule has 92 valence electrons. The van der Waals surface area contributed by atoms with E-state index in [2.05, 4.69) is 0 Å². The predicted octanol–water partition coefficient (Wildman–Crippen LogP) is 4.56. The van der Waals surface area contributed by atoms with Gasteiger partial charge in [0.25, 0.3) is 0 Å². The van der Waals surface area contributed by atoms with Gasteiger partial charge in [0, 0.05) is 17.0 Å². The highest BCUT2D eigenvalue weighted by atomic mass is 35.5. The van der Waals surface area contributed by atoms with Gasteiger partial charge in [-0.2, -0.15) is 0 Å². The normalized spacial score (nSPS) is 10.4. The van der Waals surface area contributed by atoms with Crippen LogP contribution in [0.25, 0.3) is 0 Å². The molecule has 0 amide bonds. The van der Waals surface area contributed by atoms with Crippen molar-refractivity contribution < 1.29 is 9.18 Å². The van der Waals surface area contributed by atoms with Gasteiger partial charge < -0.3 is 0 Å². The Morgan fingerprint density at radius 3 is 2.39 bits per heavy atom. The van der Waals surface area contributed by atoms with Gasteiger partial charge in [-0.3, -0.25) is 4.79 Å². The topological polar surface area (TPSA) is 17.1 Å². The first-order valence-corrected chi connectivity index (χ1v) is 6.05. The maximum Gasteiger partial charge on any atom is 0.168 e. The zero-order valence-corrected chi connectivity index (χ0v) is 10.8. The van der Waals surface area contributed by atoms with Gasteiger partial charge in [-0.05, 0) is 29.8 Å². The van der Waals surface area contributed by atoms with E-state index >= 15 is 0 Å². The summed E-state index contributed by atoms with van der Waals surface area (Å²) >= 11 is 11.5. The molecule has 2 rings (SSSR count). The van der Waals surface area contributed by atoms with Gasteiger partial charge >= 0.3 is 0 Å². The van der Waals surface area contributed by atoms with Crippen molar-refractivity contribution in [2.24, 2.45) is 0 Å². The Hall–Kier alpha value is -1.38. The first-order valence-electron chi connectivity index (χ1n) is 5.29. The molecule has 0 atom stereocenters. The van der Waals surface area contributed by atoms with E-state index in [4.69, 9.17) is 23.2 Å². The molecule has 0 saturated heterocycles. The van der Waals surface area contributed by atoms with Crippen LogP contribution in [0.2, 0.25) is 10.0 Å². The molecular formula is C14H9Cl2FO. The van der Waals surface area contributed by atoms with Gasteiger partial charge in [0.05, 0.1) is 5.02 Å². The number of hydrogen-bond acceptors (Lipinski definition) is 1. The van der Waals surface area contributed by atoms with Crippen LogP contribution in [-0.4, -0.2) is 5.78 Å². The third kappa shape index (κ3) is 2.89. The largest absolute Gasteiger partial charge is 0.294 e. The highest BCUT2D eigenvalue weighted by Gasteiger charge is 2.13. The highest BCUT2D eigenvalue weighted by Crippen LogP contribution is 2.21. The molecule has 2 aromatic rings. The average Bonchev–Trinajstić information content (AvgIpc) is 2.35. The second kappa shape index (κ2) is 5.51. The SMILES string of the molecule is O=C(Cc1ccc(Cl)cc1)c1cccc(F)c1Cl. The molecule has 0 spiro atoms. The van der Waals surface area contributed by atoms with Crippen molar-refractivity contribution in [1.82, 2.24) is 0 Å². The smallest absolute Gasteiger partial charge is 0.168 e. The zero-order valence-electron chi connectivity index (χ0n) is 9.29. The summed E-state index contributed by atoms with van der Waals surface area (Å²) in [5.41, 5.74) is 1.01. The molecule has 0 aliphatic heterocycles. The van der Waals surface area contributed by atoms with Crippen molar-refractivity contribution in [3.8, 4) is 0 Å². The first kappa shape index (κ1) is 13.1. The number of carbonyl (C=O) groups is 1. The van der Waals surface area contributed by atoms with Crippen molar-refractivity contribution in [3.63, 3.8) is 0 Å². The molecule has 0 bridgehead atoms. The fraction of sp³-hybridized carbons (Fsp3) is 0.0714. The molecule has 4 heteroatoms. The molecular weight excluding hydrogens is 274 g/mol. The molecule has 0 heterocycles. The van der Waals surface area contributed by atoms with Crippen LogP contribution in [0, 0.1) is 5.82 Å². The number of carbonyl (C=O) groups excluding carboxylic acids is 1. The Morgan fingerprint density at radius 1 is 1.06 bits per heavy atom.